The molecule has 0 heterocycles. The fourth-order valence-corrected chi connectivity index (χ4v) is 0.950. The van der Waals surface area contributed by atoms with Crippen molar-refractivity contribution in [2.75, 3.05) is 13.7 Å². The first kappa shape index (κ1) is 11.8. The van der Waals surface area contributed by atoms with Crippen LogP contribution >= 0.6 is 0 Å². The average Bonchev–Trinajstić information content (AvgIpc) is 2.15. The molecular weight excluding hydrogens is 164 g/mol. The van der Waals surface area contributed by atoms with Gasteiger partial charge in [0.25, 0.3) is 0 Å². The molecule has 0 spiro atoms. The Morgan fingerprint density at radius 2 is 1.77 bits per heavy atom. The van der Waals surface area contributed by atoms with Crippen LogP contribution in [0.15, 0.2) is 24.3 Å². The van der Waals surface area contributed by atoms with Gasteiger partial charge in [-0.25, -0.2) is 0 Å². The maximum atomic E-state index is 5.45. The van der Waals surface area contributed by atoms with E-state index in [0.717, 1.165) is 24.5 Å². The molecule has 2 heteroatoms. The van der Waals surface area contributed by atoms with E-state index in [0.29, 0.717) is 0 Å². The molecule has 2 nitrogen and oxygen atoms in total. The minimum atomic E-state index is 0. The van der Waals surface area contributed by atoms with Crippen LogP contribution < -0.4 is 9.47 Å². The summed E-state index contributed by atoms with van der Waals surface area (Å²) in [7, 11) is 1.65. The molecule has 0 radical (unpaired) electrons. The predicted octanol–water partition coefficient (Wildman–Crippen LogP) is 3.12. The second-order valence-electron chi connectivity index (χ2n) is 2.50. The van der Waals surface area contributed by atoms with Gasteiger partial charge in [0.05, 0.1) is 13.7 Å². The van der Waals surface area contributed by atoms with Crippen molar-refractivity contribution < 1.29 is 9.47 Å². The Hall–Kier alpha value is -1.18. The first-order chi connectivity index (χ1) is 5.88. The molecule has 13 heavy (non-hydrogen) atoms. The Kier molecular flexibility index (Phi) is 5.77. The number of benzene rings is 1. The van der Waals surface area contributed by atoms with Gasteiger partial charge in [0, 0.05) is 0 Å². The van der Waals surface area contributed by atoms with Crippen molar-refractivity contribution in [2.24, 2.45) is 0 Å². The van der Waals surface area contributed by atoms with Crippen LogP contribution in [0.3, 0.4) is 0 Å². The van der Waals surface area contributed by atoms with E-state index in [2.05, 4.69) is 6.92 Å². The van der Waals surface area contributed by atoms with E-state index in [-0.39, 0.29) is 7.43 Å². The van der Waals surface area contributed by atoms with Crippen molar-refractivity contribution in [1.29, 1.82) is 0 Å². The van der Waals surface area contributed by atoms with Gasteiger partial charge in [-0.2, -0.15) is 0 Å². The van der Waals surface area contributed by atoms with Crippen LogP contribution in [0, 0.1) is 0 Å². The molecule has 0 aliphatic heterocycles. The summed E-state index contributed by atoms with van der Waals surface area (Å²) in [6.07, 6.45) is 1.01. The Balaban J connectivity index is 0.00000144. The fourth-order valence-electron chi connectivity index (χ4n) is 0.950. The minimum absolute atomic E-state index is 0. The highest BCUT2D eigenvalue weighted by atomic mass is 16.5. The first-order valence-electron chi connectivity index (χ1n) is 4.14. The number of ether oxygens (including phenoxy) is 2. The third-order valence-electron chi connectivity index (χ3n) is 1.53. The molecule has 0 aromatic heterocycles. The normalized spacial score (nSPS) is 8.77. The molecule has 0 unspecified atom stereocenters. The van der Waals surface area contributed by atoms with Gasteiger partial charge in [0.1, 0.15) is 0 Å². The zero-order valence-electron chi connectivity index (χ0n) is 7.54. The summed E-state index contributed by atoms with van der Waals surface area (Å²) in [5.74, 6) is 1.62. The Morgan fingerprint density at radius 3 is 2.31 bits per heavy atom. The molecule has 1 aromatic rings. The van der Waals surface area contributed by atoms with Crippen molar-refractivity contribution in [1.82, 2.24) is 0 Å². The van der Waals surface area contributed by atoms with E-state index in [4.69, 9.17) is 9.47 Å². The number of methoxy groups -OCH3 is 1. The number of para-hydroxylation sites is 2. The first-order valence-corrected chi connectivity index (χ1v) is 4.14. The zero-order valence-corrected chi connectivity index (χ0v) is 7.54. The minimum Gasteiger partial charge on any atom is -0.493 e. The molecule has 74 valence electrons. The molecule has 0 atom stereocenters. The summed E-state index contributed by atoms with van der Waals surface area (Å²) in [5, 5.41) is 0. The van der Waals surface area contributed by atoms with Gasteiger partial charge >= 0.3 is 0 Å². The molecule has 0 amide bonds. The molecular formula is C11H18O2. The van der Waals surface area contributed by atoms with Gasteiger partial charge in [-0.1, -0.05) is 26.5 Å². The van der Waals surface area contributed by atoms with E-state index < -0.39 is 0 Å². The molecule has 0 bridgehead atoms. The predicted molar refractivity (Wildman–Crippen MR) is 55.5 cm³/mol. The Morgan fingerprint density at radius 1 is 1.15 bits per heavy atom. The highest BCUT2D eigenvalue weighted by Gasteiger charge is 1.99. The molecule has 0 saturated heterocycles. The maximum absolute atomic E-state index is 5.45. The average molecular weight is 182 g/mol. The molecule has 1 aromatic carbocycles. The second-order valence-corrected chi connectivity index (χ2v) is 2.50. The van der Waals surface area contributed by atoms with Crippen LogP contribution in [-0.2, 0) is 0 Å². The van der Waals surface area contributed by atoms with E-state index in [9.17, 15) is 0 Å². The number of rotatable bonds is 4. The molecule has 0 N–H and O–H groups in total. The van der Waals surface area contributed by atoms with Crippen molar-refractivity contribution in [3.8, 4) is 11.5 Å². The van der Waals surface area contributed by atoms with Crippen molar-refractivity contribution in [3.05, 3.63) is 24.3 Å². The van der Waals surface area contributed by atoms with Gasteiger partial charge in [-0.3, -0.25) is 0 Å². The summed E-state index contributed by atoms with van der Waals surface area (Å²) in [4.78, 5) is 0. The van der Waals surface area contributed by atoms with Crippen LogP contribution in [0.25, 0.3) is 0 Å². The summed E-state index contributed by atoms with van der Waals surface area (Å²) >= 11 is 0. The number of hydrogen-bond donors (Lipinski definition) is 0. The molecule has 0 aliphatic carbocycles. The summed E-state index contributed by atoms with van der Waals surface area (Å²) in [6.45, 7) is 2.82. The van der Waals surface area contributed by atoms with Crippen molar-refractivity contribution in [3.63, 3.8) is 0 Å². The highest BCUT2D eigenvalue weighted by Crippen LogP contribution is 2.25. The monoisotopic (exact) mass is 182 g/mol. The maximum Gasteiger partial charge on any atom is 0.161 e. The van der Waals surface area contributed by atoms with Gasteiger partial charge in [0.15, 0.2) is 11.5 Å². The summed E-state index contributed by atoms with van der Waals surface area (Å²) in [5.41, 5.74) is 0. The topological polar surface area (TPSA) is 18.5 Å². The second kappa shape index (κ2) is 6.35. The molecule has 0 saturated carbocycles. The molecule has 0 fully saturated rings. The summed E-state index contributed by atoms with van der Waals surface area (Å²) in [6, 6.07) is 7.67. The van der Waals surface area contributed by atoms with E-state index in [1.54, 1.807) is 7.11 Å². The lowest BCUT2D eigenvalue weighted by molar-refractivity contribution is 0.294. The van der Waals surface area contributed by atoms with Crippen LogP contribution in [0.2, 0.25) is 0 Å². The zero-order chi connectivity index (χ0) is 8.81. The van der Waals surface area contributed by atoms with Gasteiger partial charge < -0.3 is 9.47 Å². The lowest BCUT2D eigenvalue weighted by atomic mass is 10.3. The van der Waals surface area contributed by atoms with Crippen LogP contribution in [0.5, 0.6) is 11.5 Å². The van der Waals surface area contributed by atoms with E-state index in [1.165, 1.54) is 0 Å². The quantitative estimate of drug-likeness (QED) is 0.712. The van der Waals surface area contributed by atoms with Crippen molar-refractivity contribution in [2.45, 2.75) is 20.8 Å². The van der Waals surface area contributed by atoms with Crippen LogP contribution in [0.4, 0.5) is 0 Å². The number of hydrogen-bond acceptors (Lipinski definition) is 2. The van der Waals surface area contributed by atoms with Crippen molar-refractivity contribution >= 4 is 0 Å². The third kappa shape index (κ3) is 3.36. The smallest absolute Gasteiger partial charge is 0.161 e. The summed E-state index contributed by atoms with van der Waals surface area (Å²) < 4.78 is 10.6. The Bertz CT molecular complexity index is 233. The largest absolute Gasteiger partial charge is 0.493 e. The lowest BCUT2D eigenvalue weighted by Gasteiger charge is -2.08. The SMILES string of the molecule is C.CCCOc1ccccc1OC. The fraction of sp³-hybridized carbons (Fsp3) is 0.455. The third-order valence-corrected chi connectivity index (χ3v) is 1.53. The van der Waals surface area contributed by atoms with Gasteiger partial charge in [-0.05, 0) is 18.6 Å². The van der Waals surface area contributed by atoms with E-state index in [1.807, 2.05) is 24.3 Å². The van der Waals surface area contributed by atoms with Gasteiger partial charge in [-0.15, -0.1) is 0 Å². The lowest BCUT2D eigenvalue weighted by Crippen LogP contribution is -1.96. The molecule has 0 aliphatic rings. The van der Waals surface area contributed by atoms with E-state index >= 15 is 0 Å². The molecule has 1 rings (SSSR count). The standard InChI is InChI=1S/C10H14O2.CH4/c1-3-8-12-10-7-5-4-6-9(10)11-2;/h4-7H,3,8H2,1-2H3;1H4. The van der Waals surface area contributed by atoms with Crippen LogP contribution in [0.1, 0.15) is 20.8 Å². The highest BCUT2D eigenvalue weighted by molar-refractivity contribution is 5.39. The Labute approximate surface area is 80.5 Å². The van der Waals surface area contributed by atoms with Crippen LogP contribution in [-0.4, -0.2) is 13.7 Å². The van der Waals surface area contributed by atoms with Gasteiger partial charge in [0.2, 0.25) is 0 Å².